The van der Waals surface area contributed by atoms with Crippen molar-refractivity contribution in [2.45, 2.75) is 19.1 Å². The van der Waals surface area contributed by atoms with Gasteiger partial charge < -0.3 is 14.4 Å². The third kappa shape index (κ3) is 3.45. The molecule has 2 aliphatic rings. The molecule has 2 aliphatic heterocycles. The van der Waals surface area contributed by atoms with E-state index in [1.807, 2.05) is 24.1 Å². The predicted octanol–water partition coefficient (Wildman–Crippen LogP) is 0.531. The number of hydrogen-bond acceptors (Lipinski definition) is 5. The molecule has 0 aromatic carbocycles. The highest BCUT2D eigenvalue weighted by atomic mass is 16.5. The number of carbonyl (C=O) groups excluding carboxylic acids is 1. The summed E-state index contributed by atoms with van der Waals surface area (Å²) in [5.74, 6) is 0.0756. The Hall–Kier alpha value is -1.50. The molecule has 6 nitrogen and oxygen atoms in total. The van der Waals surface area contributed by atoms with Crippen LogP contribution in [0.3, 0.4) is 0 Å². The van der Waals surface area contributed by atoms with Crippen molar-refractivity contribution in [1.29, 1.82) is 0 Å². The quantitative estimate of drug-likeness (QED) is 0.815. The van der Waals surface area contributed by atoms with Gasteiger partial charge in [0.05, 0.1) is 19.8 Å². The summed E-state index contributed by atoms with van der Waals surface area (Å²) in [6.45, 7) is 7.25. The molecule has 0 N–H and O–H groups in total. The van der Waals surface area contributed by atoms with E-state index in [0.717, 1.165) is 18.7 Å². The first-order valence-electron chi connectivity index (χ1n) is 7.80. The minimum Gasteiger partial charge on any atom is -0.378 e. The van der Waals surface area contributed by atoms with Crippen LogP contribution in [0.25, 0.3) is 0 Å². The van der Waals surface area contributed by atoms with Gasteiger partial charge in [-0.05, 0) is 18.6 Å². The van der Waals surface area contributed by atoms with Gasteiger partial charge in [-0.1, -0.05) is 6.07 Å². The minimum absolute atomic E-state index is 0.0756. The standard InChI is InChI=1S/C16H23N3O3/c1-16(15(20)19-6-8-21-9-7-19)13-18(5-10-22-16)12-14-3-2-4-17-11-14/h2-4,11H,5-10,12-13H2,1H3/t16-/m0/s1. The van der Waals surface area contributed by atoms with Crippen molar-refractivity contribution in [3.8, 4) is 0 Å². The van der Waals surface area contributed by atoms with E-state index in [1.54, 1.807) is 6.20 Å². The van der Waals surface area contributed by atoms with Gasteiger partial charge in [-0.3, -0.25) is 14.7 Å². The lowest BCUT2D eigenvalue weighted by molar-refractivity contribution is -0.171. The molecule has 0 unspecified atom stereocenters. The van der Waals surface area contributed by atoms with Crippen LogP contribution in [0, 0.1) is 0 Å². The number of ether oxygens (including phenoxy) is 2. The zero-order valence-electron chi connectivity index (χ0n) is 13.0. The molecule has 1 aromatic rings. The molecule has 0 bridgehead atoms. The normalized spacial score (nSPS) is 26.9. The Labute approximate surface area is 131 Å². The van der Waals surface area contributed by atoms with Crippen molar-refractivity contribution in [1.82, 2.24) is 14.8 Å². The SMILES string of the molecule is C[C@@]1(C(=O)N2CCOCC2)CN(Cc2cccnc2)CCO1. The monoisotopic (exact) mass is 305 g/mol. The number of morpholine rings is 2. The Bertz CT molecular complexity index is 505. The molecule has 22 heavy (non-hydrogen) atoms. The molecule has 2 fully saturated rings. The van der Waals surface area contributed by atoms with Gasteiger partial charge in [0.1, 0.15) is 0 Å². The second-order valence-electron chi connectivity index (χ2n) is 6.06. The number of rotatable bonds is 3. The van der Waals surface area contributed by atoms with E-state index >= 15 is 0 Å². The first-order chi connectivity index (χ1) is 10.7. The van der Waals surface area contributed by atoms with Crippen LogP contribution in [0.5, 0.6) is 0 Å². The molecule has 3 heterocycles. The summed E-state index contributed by atoms with van der Waals surface area (Å²) in [5, 5.41) is 0. The average molecular weight is 305 g/mol. The second-order valence-corrected chi connectivity index (χ2v) is 6.06. The van der Waals surface area contributed by atoms with E-state index in [4.69, 9.17) is 9.47 Å². The van der Waals surface area contributed by atoms with E-state index in [9.17, 15) is 4.79 Å². The van der Waals surface area contributed by atoms with E-state index in [1.165, 1.54) is 0 Å². The van der Waals surface area contributed by atoms with Gasteiger partial charge in [-0.25, -0.2) is 0 Å². The van der Waals surface area contributed by atoms with Crippen molar-refractivity contribution < 1.29 is 14.3 Å². The van der Waals surface area contributed by atoms with Gasteiger partial charge in [0.2, 0.25) is 0 Å². The number of carbonyl (C=O) groups is 1. The molecule has 0 aliphatic carbocycles. The van der Waals surface area contributed by atoms with Crippen LogP contribution in [0.15, 0.2) is 24.5 Å². The number of hydrogen-bond donors (Lipinski definition) is 0. The zero-order valence-corrected chi connectivity index (χ0v) is 13.0. The molecule has 1 aromatic heterocycles. The Morgan fingerprint density at radius 2 is 2.14 bits per heavy atom. The van der Waals surface area contributed by atoms with Gasteiger partial charge in [0, 0.05) is 45.1 Å². The lowest BCUT2D eigenvalue weighted by atomic mass is 10.0. The summed E-state index contributed by atoms with van der Waals surface area (Å²) in [6, 6.07) is 4.00. The fraction of sp³-hybridized carbons (Fsp3) is 0.625. The average Bonchev–Trinajstić information content (AvgIpc) is 2.56. The summed E-state index contributed by atoms with van der Waals surface area (Å²) in [7, 11) is 0. The maximum absolute atomic E-state index is 12.8. The number of nitrogens with zero attached hydrogens (tertiary/aromatic N) is 3. The summed E-state index contributed by atoms with van der Waals surface area (Å²) < 4.78 is 11.2. The first kappa shape index (κ1) is 15.4. The smallest absolute Gasteiger partial charge is 0.256 e. The Morgan fingerprint density at radius 1 is 1.32 bits per heavy atom. The Balaban J connectivity index is 1.64. The summed E-state index contributed by atoms with van der Waals surface area (Å²) in [4.78, 5) is 21.0. The summed E-state index contributed by atoms with van der Waals surface area (Å²) >= 11 is 0. The summed E-state index contributed by atoms with van der Waals surface area (Å²) in [6.07, 6.45) is 3.64. The van der Waals surface area contributed by atoms with Crippen molar-refractivity contribution in [2.24, 2.45) is 0 Å². The van der Waals surface area contributed by atoms with Gasteiger partial charge in [-0.2, -0.15) is 0 Å². The molecule has 0 radical (unpaired) electrons. The molecule has 1 atom stereocenters. The predicted molar refractivity (Wildman–Crippen MR) is 81.3 cm³/mol. The molecule has 2 saturated heterocycles. The largest absolute Gasteiger partial charge is 0.378 e. The third-order valence-electron chi connectivity index (χ3n) is 4.23. The van der Waals surface area contributed by atoms with Gasteiger partial charge in [0.25, 0.3) is 5.91 Å². The van der Waals surface area contributed by atoms with E-state index < -0.39 is 5.60 Å². The van der Waals surface area contributed by atoms with Crippen LogP contribution >= 0.6 is 0 Å². The molecule has 6 heteroatoms. The number of pyridine rings is 1. The Morgan fingerprint density at radius 3 is 2.86 bits per heavy atom. The molecule has 0 spiro atoms. The van der Waals surface area contributed by atoms with E-state index in [2.05, 4.69) is 16.0 Å². The summed E-state index contributed by atoms with van der Waals surface area (Å²) in [5.41, 5.74) is 0.392. The topological polar surface area (TPSA) is 54.9 Å². The van der Waals surface area contributed by atoms with Crippen LogP contribution in [-0.4, -0.2) is 72.3 Å². The lowest BCUT2D eigenvalue weighted by Gasteiger charge is -2.42. The van der Waals surface area contributed by atoms with Crippen LogP contribution < -0.4 is 0 Å². The first-order valence-corrected chi connectivity index (χ1v) is 7.80. The van der Waals surface area contributed by atoms with Crippen LogP contribution in [0.4, 0.5) is 0 Å². The maximum atomic E-state index is 12.8. The maximum Gasteiger partial charge on any atom is 0.256 e. The molecule has 3 rings (SSSR count). The second kappa shape index (κ2) is 6.73. The van der Waals surface area contributed by atoms with Crippen LogP contribution in [0.1, 0.15) is 12.5 Å². The zero-order chi connectivity index (χ0) is 15.4. The van der Waals surface area contributed by atoms with Gasteiger partial charge >= 0.3 is 0 Å². The minimum atomic E-state index is -0.766. The van der Waals surface area contributed by atoms with Gasteiger partial charge in [0.15, 0.2) is 5.60 Å². The van der Waals surface area contributed by atoms with E-state index in [0.29, 0.717) is 39.5 Å². The molecule has 1 amide bonds. The Kier molecular flexibility index (Phi) is 4.71. The van der Waals surface area contributed by atoms with Crippen molar-refractivity contribution in [3.05, 3.63) is 30.1 Å². The fourth-order valence-corrected chi connectivity index (χ4v) is 3.07. The molecular formula is C16H23N3O3. The lowest BCUT2D eigenvalue weighted by Crippen LogP contribution is -2.60. The van der Waals surface area contributed by atoms with Crippen molar-refractivity contribution in [3.63, 3.8) is 0 Å². The van der Waals surface area contributed by atoms with Crippen LogP contribution in [-0.2, 0) is 20.8 Å². The number of aromatic nitrogens is 1. The number of amides is 1. The van der Waals surface area contributed by atoms with Crippen molar-refractivity contribution >= 4 is 5.91 Å². The molecular weight excluding hydrogens is 282 g/mol. The van der Waals surface area contributed by atoms with Crippen molar-refractivity contribution in [2.75, 3.05) is 46.0 Å². The molecule has 120 valence electrons. The van der Waals surface area contributed by atoms with E-state index in [-0.39, 0.29) is 5.91 Å². The highest BCUT2D eigenvalue weighted by Gasteiger charge is 2.42. The fourth-order valence-electron chi connectivity index (χ4n) is 3.07. The highest BCUT2D eigenvalue weighted by Crippen LogP contribution is 2.22. The molecule has 0 saturated carbocycles. The third-order valence-corrected chi connectivity index (χ3v) is 4.23. The highest BCUT2D eigenvalue weighted by molar-refractivity contribution is 5.85. The van der Waals surface area contributed by atoms with Gasteiger partial charge in [-0.15, -0.1) is 0 Å². The van der Waals surface area contributed by atoms with Crippen LogP contribution in [0.2, 0.25) is 0 Å².